The molecule has 0 bridgehead atoms. The van der Waals surface area contributed by atoms with Crippen molar-refractivity contribution in [2.24, 2.45) is 5.41 Å². The fourth-order valence-corrected chi connectivity index (χ4v) is 6.20. The first kappa shape index (κ1) is 31.3. The van der Waals surface area contributed by atoms with Gasteiger partial charge in [-0.05, 0) is 94.0 Å². The van der Waals surface area contributed by atoms with Gasteiger partial charge in [0.1, 0.15) is 23.8 Å². The van der Waals surface area contributed by atoms with Crippen molar-refractivity contribution in [3.05, 3.63) is 76.3 Å². The molecule has 0 saturated carbocycles. The lowest BCUT2D eigenvalue weighted by Gasteiger charge is -2.32. The maximum absolute atomic E-state index is 12.7. The van der Waals surface area contributed by atoms with Gasteiger partial charge in [0.15, 0.2) is 0 Å². The van der Waals surface area contributed by atoms with Gasteiger partial charge in [-0.15, -0.1) is 0 Å². The molecule has 1 N–H and O–H groups in total. The summed E-state index contributed by atoms with van der Waals surface area (Å²) in [6, 6.07) is 15.6. The number of fused-ring (bicyclic) bond motifs is 1. The van der Waals surface area contributed by atoms with Crippen LogP contribution in [0.1, 0.15) is 61.9 Å². The monoisotopic (exact) mass is 601 g/mol. The Morgan fingerprint density at radius 2 is 1.82 bits per heavy atom. The summed E-state index contributed by atoms with van der Waals surface area (Å²) in [6.07, 6.45) is 0.205. The lowest BCUT2D eigenvalue weighted by molar-refractivity contribution is -0.148. The van der Waals surface area contributed by atoms with E-state index in [2.05, 4.69) is 19.1 Å². The maximum Gasteiger partial charge on any atom is 0.410 e. The molecule has 0 radical (unpaired) electrons. The smallest absolute Gasteiger partial charge is 0.410 e. The minimum atomic E-state index is -0.928. The minimum absolute atomic E-state index is 0.295. The van der Waals surface area contributed by atoms with E-state index in [1.54, 1.807) is 18.9 Å². The number of rotatable bonds is 8. The zero-order valence-electron chi connectivity index (χ0n) is 26.8. The van der Waals surface area contributed by atoms with Crippen LogP contribution in [0.15, 0.2) is 48.5 Å². The van der Waals surface area contributed by atoms with Crippen molar-refractivity contribution in [2.75, 3.05) is 25.2 Å². The topological polar surface area (TPSA) is 101 Å². The van der Waals surface area contributed by atoms with E-state index in [0.717, 1.165) is 44.8 Å². The first-order valence-electron chi connectivity index (χ1n) is 15.1. The molecule has 0 spiro atoms. The Balaban J connectivity index is 1.37. The average Bonchev–Trinajstić information content (AvgIpc) is 3.56. The Kier molecular flexibility index (Phi) is 8.62. The van der Waals surface area contributed by atoms with Crippen LogP contribution in [0.25, 0.3) is 11.3 Å². The standard InChI is InChI=1S/C35H43N3O6/c1-22-10-8-11-26(28-12-9-13-30(36-28)38-17-16-35(6,32(39)40)29(38)21-42-7)31(22)43-20-25-15-14-24-18-37(19-27(24)23(25)2)33(41)44-34(3,4)5/h8-15,29H,16-21H2,1-7H3,(H,39,40)/t29-,35-/m1/s1. The van der Waals surface area contributed by atoms with Crippen molar-refractivity contribution >= 4 is 17.9 Å². The maximum atomic E-state index is 12.7. The Labute approximate surface area is 259 Å². The SMILES string of the molecule is COC[C@H]1N(c2cccc(-c3cccc(C)c3OCc3ccc4c(c3C)CN(C(=O)OC(C)(C)C)C4)n2)CC[C@@]1(C)C(=O)O. The van der Waals surface area contributed by atoms with E-state index in [-0.39, 0.29) is 12.1 Å². The summed E-state index contributed by atoms with van der Waals surface area (Å²) < 4.78 is 17.6. The molecule has 2 atom stereocenters. The number of aliphatic carboxylic acids is 1. The zero-order chi connectivity index (χ0) is 31.8. The predicted molar refractivity (Wildman–Crippen MR) is 169 cm³/mol. The van der Waals surface area contributed by atoms with Crippen LogP contribution >= 0.6 is 0 Å². The summed E-state index contributed by atoms with van der Waals surface area (Å²) in [5, 5.41) is 9.99. The van der Waals surface area contributed by atoms with Gasteiger partial charge in [0, 0.05) is 32.3 Å². The van der Waals surface area contributed by atoms with Crippen LogP contribution in [0.3, 0.4) is 0 Å². The molecule has 1 aromatic heterocycles. The summed E-state index contributed by atoms with van der Waals surface area (Å²) in [5.41, 5.74) is 5.57. The molecule has 2 aliphatic heterocycles. The summed E-state index contributed by atoms with van der Waals surface area (Å²) >= 11 is 0. The van der Waals surface area contributed by atoms with E-state index >= 15 is 0 Å². The van der Waals surface area contributed by atoms with E-state index in [1.165, 1.54) is 0 Å². The third kappa shape index (κ3) is 6.11. The van der Waals surface area contributed by atoms with Crippen LogP contribution in [-0.2, 0) is 34.0 Å². The van der Waals surface area contributed by atoms with E-state index in [9.17, 15) is 14.7 Å². The van der Waals surface area contributed by atoms with Crippen LogP contribution in [0.2, 0.25) is 0 Å². The summed E-state index contributed by atoms with van der Waals surface area (Å²) in [7, 11) is 1.60. The molecule has 3 heterocycles. The highest BCUT2D eigenvalue weighted by molar-refractivity contribution is 5.78. The molecule has 3 aromatic rings. The van der Waals surface area contributed by atoms with Crippen molar-refractivity contribution in [3.63, 3.8) is 0 Å². The number of nitrogens with zero attached hydrogens (tertiary/aromatic N) is 3. The summed E-state index contributed by atoms with van der Waals surface area (Å²) in [6.45, 7) is 13.8. The number of pyridine rings is 1. The lowest BCUT2D eigenvalue weighted by Crippen LogP contribution is -2.46. The number of ether oxygens (including phenoxy) is 3. The van der Waals surface area contributed by atoms with Gasteiger partial charge in [0.05, 0.1) is 23.8 Å². The zero-order valence-corrected chi connectivity index (χ0v) is 26.8. The highest BCUT2D eigenvalue weighted by Gasteiger charge is 2.50. The van der Waals surface area contributed by atoms with Crippen LogP contribution < -0.4 is 9.64 Å². The number of para-hydroxylation sites is 1. The highest BCUT2D eigenvalue weighted by Crippen LogP contribution is 2.41. The fourth-order valence-electron chi connectivity index (χ4n) is 6.20. The number of carbonyl (C=O) groups is 2. The molecular weight excluding hydrogens is 558 g/mol. The Bertz CT molecular complexity index is 1560. The highest BCUT2D eigenvalue weighted by atomic mass is 16.6. The molecule has 1 fully saturated rings. The third-order valence-corrected chi connectivity index (χ3v) is 8.85. The Morgan fingerprint density at radius 3 is 2.52 bits per heavy atom. The predicted octanol–water partition coefficient (Wildman–Crippen LogP) is 6.51. The Morgan fingerprint density at radius 1 is 1.07 bits per heavy atom. The number of hydrogen-bond donors (Lipinski definition) is 1. The first-order valence-corrected chi connectivity index (χ1v) is 15.1. The van der Waals surface area contributed by atoms with Crippen LogP contribution in [-0.4, -0.2) is 59.0 Å². The molecule has 1 saturated heterocycles. The average molecular weight is 602 g/mol. The van der Waals surface area contributed by atoms with Gasteiger partial charge >= 0.3 is 12.1 Å². The summed E-state index contributed by atoms with van der Waals surface area (Å²) in [5.74, 6) is 0.635. The number of aryl methyl sites for hydroxylation is 1. The first-order chi connectivity index (χ1) is 20.8. The lowest BCUT2D eigenvalue weighted by atomic mass is 9.83. The van der Waals surface area contributed by atoms with Gasteiger partial charge in [0.25, 0.3) is 0 Å². The number of carbonyl (C=O) groups excluding carboxylic acids is 1. The molecule has 9 heteroatoms. The van der Waals surface area contributed by atoms with Gasteiger partial charge in [-0.3, -0.25) is 9.69 Å². The van der Waals surface area contributed by atoms with E-state index in [0.29, 0.717) is 45.1 Å². The van der Waals surface area contributed by atoms with Crippen LogP contribution in [0, 0.1) is 19.3 Å². The normalized spacial score (nSPS) is 19.7. The van der Waals surface area contributed by atoms with Crippen LogP contribution in [0.4, 0.5) is 10.6 Å². The minimum Gasteiger partial charge on any atom is -0.488 e. The molecule has 234 valence electrons. The number of aromatic nitrogens is 1. The molecule has 0 unspecified atom stereocenters. The van der Waals surface area contributed by atoms with Crippen molar-refractivity contribution in [3.8, 4) is 17.0 Å². The molecule has 9 nitrogen and oxygen atoms in total. The molecule has 0 aliphatic carbocycles. The second-order valence-corrected chi connectivity index (χ2v) is 13.1. The second-order valence-electron chi connectivity index (χ2n) is 13.1. The third-order valence-electron chi connectivity index (χ3n) is 8.85. The van der Waals surface area contributed by atoms with Crippen molar-refractivity contribution in [1.29, 1.82) is 0 Å². The van der Waals surface area contributed by atoms with E-state index < -0.39 is 17.0 Å². The van der Waals surface area contributed by atoms with Gasteiger partial charge in [-0.1, -0.05) is 30.3 Å². The number of amides is 1. The molecular formula is C35H43N3O6. The largest absolute Gasteiger partial charge is 0.488 e. The van der Waals surface area contributed by atoms with Crippen molar-refractivity contribution < 1.29 is 28.9 Å². The number of methoxy groups -OCH3 is 1. The molecule has 2 aliphatic rings. The molecule has 1 amide bonds. The number of hydrogen-bond acceptors (Lipinski definition) is 7. The van der Waals surface area contributed by atoms with Gasteiger partial charge in [-0.2, -0.15) is 0 Å². The second kappa shape index (κ2) is 12.1. The van der Waals surface area contributed by atoms with Gasteiger partial charge < -0.3 is 24.2 Å². The van der Waals surface area contributed by atoms with Crippen LogP contribution in [0.5, 0.6) is 5.75 Å². The number of carboxylic acids is 1. The quantitative estimate of drug-likeness (QED) is 0.312. The fraction of sp³-hybridized carbons (Fsp3) is 0.457. The van der Waals surface area contributed by atoms with Gasteiger partial charge in [-0.25, -0.2) is 9.78 Å². The number of benzene rings is 2. The van der Waals surface area contributed by atoms with Crippen molar-refractivity contribution in [2.45, 2.75) is 79.3 Å². The molecule has 44 heavy (non-hydrogen) atoms. The molecule has 2 aromatic carbocycles. The summed E-state index contributed by atoms with van der Waals surface area (Å²) in [4.78, 5) is 33.7. The molecule has 5 rings (SSSR count). The van der Waals surface area contributed by atoms with E-state index in [1.807, 2.05) is 69.0 Å². The van der Waals surface area contributed by atoms with Gasteiger partial charge in [0.2, 0.25) is 0 Å². The van der Waals surface area contributed by atoms with Crippen molar-refractivity contribution in [1.82, 2.24) is 9.88 Å². The van der Waals surface area contributed by atoms with E-state index in [4.69, 9.17) is 19.2 Å². The number of anilines is 1. The number of carboxylic acid groups (broad SMARTS) is 1. The Hall–Kier alpha value is -4.11.